The Hall–Kier alpha value is -2.10. The van der Waals surface area contributed by atoms with E-state index in [2.05, 4.69) is 10.2 Å². The minimum absolute atomic E-state index is 0.261. The molecule has 0 aliphatic rings. The van der Waals surface area contributed by atoms with Gasteiger partial charge >= 0.3 is 18.4 Å². The van der Waals surface area contributed by atoms with E-state index in [-0.39, 0.29) is 4.90 Å². The number of carbonyl (C=O) groups is 2. The van der Waals surface area contributed by atoms with Crippen LogP contribution in [0.25, 0.3) is 0 Å². The van der Waals surface area contributed by atoms with Gasteiger partial charge in [0.25, 0.3) is 0 Å². The zero-order chi connectivity index (χ0) is 21.2. The Morgan fingerprint density at radius 2 is 1.44 bits per heavy atom. The van der Waals surface area contributed by atoms with E-state index in [1.165, 1.54) is 41.5 Å². The summed E-state index contributed by atoms with van der Waals surface area (Å²) in [6.45, 7) is 9.18. The highest BCUT2D eigenvalue weighted by Crippen LogP contribution is 2.34. The van der Waals surface area contributed by atoms with Crippen LogP contribution in [0.1, 0.15) is 52.8 Å². The second-order valence-electron chi connectivity index (χ2n) is 7.49. The molecule has 0 aliphatic carbocycles. The summed E-state index contributed by atoms with van der Waals surface area (Å²) >= 11 is 5.47. The molecule has 152 valence electrons. The molecular formula is C16H21ClF3N3O4. The first-order valence-electron chi connectivity index (χ1n) is 7.81. The van der Waals surface area contributed by atoms with Crippen LogP contribution in [0.5, 0.6) is 0 Å². The summed E-state index contributed by atoms with van der Waals surface area (Å²) in [7, 11) is 0. The maximum absolute atomic E-state index is 13.2. The van der Waals surface area contributed by atoms with Crippen molar-refractivity contribution >= 4 is 29.6 Å². The third-order valence-electron chi connectivity index (χ3n) is 2.67. The third kappa shape index (κ3) is 6.85. The van der Waals surface area contributed by atoms with E-state index in [0.29, 0.717) is 6.07 Å². The minimum atomic E-state index is -4.82. The van der Waals surface area contributed by atoms with Gasteiger partial charge in [-0.15, -0.1) is 16.7 Å². The number of nitrogens with zero attached hydrogens (tertiary/aromatic N) is 3. The van der Waals surface area contributed by atoms with E-state index in [1.807, 2.05) is 0 Å². The molecule has 0 unspecified atom stereocenters. The van der Waals surface area contributed by atoms with Crippen LogP contribution in [0, 0.1) is 0 Å². The number of anilines is 1. The topological polar surface area (TPSA) is 81.6 Å². The van der Waals surface area contributed by atoms with E-state index >= 15 is 0 Å². The van der Waals surface area contributed by atoms with Gasteiger partial charge in [-0.1, -0.05) is 0 Å². The van der Waals surface area contributed by atoms with Gasteiger partial charge in [-0.2, -0.15) is 23.2 Å². The second-order valence-corrected chi connectivity index (χ2v) is 7.76. The van der Waals surface area contributed by atoms with Crippen molar-refractivity contribution in [3.8, 4) is 0 Å². The molecule has 0 spiro atoms. The van der Waals surface area contributed by atoms with Crippen molar-refractivity contribution in [1.82, 2.24) is 10.2 Å². The lowest BCUT2D eigenvalue weighted by Crippen LogP contribution is -2.44. The molecule has 0 aromatic carbocycles. The first-order valence-corrected chi connectivity index (χ1v) is 8.34. The van der Waals surface area contributed by atoms with Crippen LogP contribution >= 0.6 is 11.6 Å². The first-order chi connectivity index (χ1) is 12.0. The van der Waals surface area contributed by atoms with Gasteiger partial charge in [0, 0.05) is 0 Å². The van der Waals surface area contributed by atoms with Gasteiger partial charge in [-0.05, 0) is 47.6 Å². The van der Waals surface area contributed by atoms with Crippen LogP contribution in [-0.2, 0) is 21.5 Å². The second kappa shape index (κ2) is 7.87. The Labute approximate surface area is 159 Å². The predicted octanol–water partition coefficient (Wildman–Crippen LogP) is 4.91. The highest BCUT2D eigenvalue weighted by atomic mass is 35.5. The summed E-state index contributed by atoms with van der Waals surface area (Å²) in [4.78, 5) is 25.1. The van der Waals surface area contributed by atoms with Gasteiger partial charge in [0.05, 0.1) is 17.1 Å². The van der Waals surface area contributed by atoms with Crippen LogP contribution in [0.15, 0.2) is 6.07 Å². The lowest BCUT2D eigenvalue weighted by molar-refractivity contribution is -0.138. The summed E-state index contributed by atoms with van der Waals surface area (Å²) < 4.78 is 49.9. The average molecular weight is 412 g/mol. The van der Waals surface area contributed by atoms with Gasteiger partial charge in [0.1, 0.15) is 11.2 Å². The fraction of sp³-hybridized carbons (Fsp3) is 0.625. The molecule has 1 aromatic heterocycles. The summed E-state index contributed by atoms with van der Waals surface area (Å²) in [5, 5.41) is 6.90. The molecule has 0 saturated heterocycles. The fourth-order valence-corrected chi connectivity index (χ4v) is 1.93. The number of amides is 2. The van der Waals surface area contributed by atoms with Crippen molar-refractivity contribution in [3.63, 3.8) is 0 Å². The van der Waals surface area contributed by atoms with Crippen molar-refractivity contribution in [2.45, 2.75) is 64.8 Å². The lowest BCUT2D eigenvalue weighted by Gasteiger charge is -2.28. The number of ether oxygens (including phenoxy) is 2. The van der Waals surface area contributed by atoms with Crippen molar-refractivity contribution in [1.29, 1.82) is 0 Å². The van der Waals surface area contributed by atoms with Gasteiger partial charge < -0.3 is 9.47 Å². The average Bonchev–Trinajstić information content (AvgIpc) is 2.42. The fourth-order valence-electron chi connectivity index (χ4n) is 1.74. The highest BCUT2D eigenvalue weighted by Gasteiger charge is 2.39. The maximum Gasteiger partial charge on any atom is 0.425 e. The number of rotatable bonds is 2. The number of alkyl halides is 4. The van der Waals surface area contributed by atoms with E-state index < -0.39 is 52.5 Å². The largest absolute Gasteiger partial charge is 0.443 e. The summed E-state index contributed by atoms with van der Waals surface area (Å²) in [5.74, 6) is -1.25. The number of halogens is 4. The van der Waals surface area contributed by atoms with Crippen LogP contribution in [0.2, 0.25) is 0 Å². The normalized spacial score (nSPS) is 12.5. The van der Waals surface area contributed by atoms with Crippen LogP contribution in [0.4, 0.5) is 28.6 Å². The summed E-state index contributed by atoms with van der Waals surface area (Å²) in [6, 6.07) is 0.499. The number of aromatic nitrogens is 2. The molecule has 0 radical (unpaired) electrons. The first kappa shape index (κ1) is 22.9. The molecule has 7 nitrogen and oxygen atoms in total. The number of carbonyl (C=O) groups excluding carboxylic acids is 2. The SMILES string of the molecule is CC(C)(C)OC(=O)N(C(=O)OC(C)(C)C)c1cc(C(F)(F)F)c(CCl)nn1. The van der Waals surface area contributed by atoms with E-state index in [9.17, 15) is 22.8 Å². The molecule has 1 aromatic rings. The molecule has 27 heavy (non-hydrogen) atoms. The molecule has 1 rings (SSSR count). The molecule has 11 heteroatoms. The predicted molar refractivity (Wildman–Crippen MR) is 91.5 cm³/mol. The van der Waals surface area contributed by atoms with Crippen LogP contribution in [0.3, 0.4) is 0 Å². The standard InChI is InChI=1S/C16H21ClF3N3O4/c1-14(2,3)26-12(24)23(13(25)27-15(4,5)6)11-7-9(16(18,19)20)10(8-17)21-22-11/h7H,8H2,1-6H3. The third-order valence-corrected chi connectivity index (χ3v) is 2.92. The molecule has 0 bridgehead atoms. The Bertz CT molecular complexity index is 684. The molecule has 2 amide bonds. The smallest absolute Gasteiger partial charge is 0.425 e. The van der Waals surface area contributed by atoms with Crippen molar-refractivity contribution in [2.24, 2.45) is 0 Å². The number of imide groups is 1. The van der Waals surface area contributed by atoms with Gasteiger partial charge in [-0.3, -0.25) is 0 Å². The Morgan fingerprint density at radius 3 is 1.78 bits per heavy atom. The van der Waals surface area contributed by atoms with E-state index in [4.69, 9.17) is 21.1 Å². The zero-order valence-electron chi connectivity index (χ0n) is 15.8. The van der Waals surface area contributed by atoms with Crippen molar-refractivity contribution in [3.05, 3.63) is 17.3 Å². The number of hydrogen-bond donors (Lipinski definition) is 0. The Kier molecular flexibility index (Phi) is 6.69. The van der Waals surface area contributed by atoms with Crippen LogP contribution in [-0.4, -0.2) is 33.6 Å². The quantitative estimate of drug-likeness (QED) is 0.643. The summed E-state index contributed by atoms with van der Waals surface area (Å²) in [5.41, 5.74) is -3.80. The number of hydrogen-bond acceptors (Lipinski definition) is 6. The van der Waals surface area contributed by atoms with Crippen molar-refractivity contribution in [2.75, 3.05) is 4.90 Å². The molecule has 1 heterocycles. The van der Waals surface area contributed by atoms with Gasteiger partial charge in [0.15, 0.2) is 5.82 Å². The van der Waals surface area contributed by atoms with Gasteiger partial charge in [0.2, 0.25) is 0 Å². The summed E-state index contributed by atoms with van der Waals surface area (Å²) in [6.07, 6.45) is -7.32. The molecule has 0 atom stereocenters. The molecule has 0 saturated carbocycles. The Balaban J connectivity index is 3.46. The highest BCUT2D eigenvalue weighted by molar-refractivity contribution is 6.17. The van der Waals surface area contributed by atoms with E-state index in [1.54, 1.807) is 0 Å². The maximum atomic E-state index is 13.2. The zero-order valence-corrected chi connectivity index (χ0v) is 16.5. The monoisotopic (exact) mass is 411 g/mol. The van der Waals surface area contributed by atoms with Crippen LogP contribution < -0.4 is 4.90 Å². The molecular weight excluding hydrogens is 391 g/mol. The van der Waals surface area contributed by atoms with Crippen molar-refractivity contribution < 1.29 is 32.2 Å². The molecule has 0 N–H and O–H groups in total. The van der Waals surface area contributed by atoms with Gasteiger partial charge in [-0.25, -0.2) is 9.59 Å². The lowest BCUT2D eigenvalue weighted by atomic mass is 10.2. The molecule has 0 aliphatic heterocycles. The Morgan fingerprint density at radius 1 is 1.00 bits per heavy atom. The van der Waals surface area contributed by atoms with E-state index in [0.717, 1.165) is 0 Å². The molecule has 0 fully saturated rings. The minimum Gasteiger partial charge on any atom is -0.443 e.